The van der Waals surface area contributed by atoms with Crippen LogP contribution in [-0.4, -0.2) is 12.6 Å². The summed E-state index contributed by atoms with van der Waals surface area (Å²) in [6, 6.07) is 3.30. The first kappa shape index (κ1) is 14.8. The maximum atomic E-state index is 14.4. The predicted octanol–water partition coefficient (Wildman–Crippen LogP) is 3.56. The van der Waals surface area contributed by atoms with Crippen molar-refractivity contribution in [2.24, 2.45) is 0 Å². The Morgan fingerprint density at radius 3 is 2.70 bits per heavy atom. The summed E-state index contributed by atoms with van der Waals surface area (Å²) in [6.45, 7) is 2.11. The van der Waals surface area contributed by atoms with E-state index in [9.17, 15) is 9.18 Å². The van der Waals surface area contributed by atoms with Gasteiger partial charge in [0.15, 0.2) is 0 Å². The number of hydrogen-bond donors (Lipinski definition) is 1. The van der Waals surface area contributed by atoms with Gasteiger partial charge >= 0.3 is 5.97 Å². The topological polar surface area (TPSA) is 52.3 Å². The van der Waals surface area contributed by atoms with E-state index >= 15 is 0 Å². The smallest absolute Gasteiger partial charge is 0.310 e. The third kappa shape index (κ3) is 3.30. The fourth-order valence-electron chi connectivity index (χ4n) is 3.00. The van der Waals surface area contributed by atoms with Gasteiger partial charge in [-0.3, -0.25) is 4.79 Å². The SMILES string of the molecule is CCOC(=O)Cc1ccc(N)c(F)c1C1CCCCC1. The molecule has 1 aromatic rings. The largest absolute Gasteiger partial charge is 0.466 e. The summed E-state index contributed by atoms with van der Waals surface area (Å²) in [6.07, 6.45) is 5.48. The van der Waals surface area contributed by atoms with Gasteiger partial charge < -0.3 is 10.5 Å². The first-order chi connectivity index (χ1) is 9.63. The van der Waals surface area contributed by atoms with Gasteiger partial charge in [0.1, 0.15) is 5.82 Å². The normalized spacial score (nSPS) is 16.1. The second kappa shape index (κ2) is 6.73. The quantitative estimate of drug-likeness (QED) is 0.677. The summed E-state index contributed by atoms with van der Waals surface area (Å²) in [5.74, 6) is -0.482. The molecule has 110 valence electrons. The number of ether oxygens (including phenoxy) is 1. The average Bonchev–Trinajstić information content (AvgIpc) is 2.44. The molecule has 1 saturated carbocycles. The van der Waals surface area contributed by atoms with Crippen molar-refractivity contribution in [1.29, 1.82) is 0 Å². The van der Waals surface area contributed by atoms with Gasteiger partial charge in [-0.15, -0.1) is 0 Å². The van der Waals surface area contributed by atoms with Gasteiger partial charge in [0.05, 0.1) is 18.7 Å². The zero-order chi connectivity index (χ0) is 14.5. The monoisotopic (exact) mass is 279 g/mol. The first-order valence-corrected chi connectivity index (χ1v) is 7.35. The number of nitrogens with two attached hydrogens (primary N) is 1. The number of esters is 1. The van der Waals surface area contributed by atoms with E-state index in [-0.39, 0.29) is 29.8 Å². The van der Waals surface area contributed by atoms with Crippen LogP contribution in [0.1, 0.15) is 56.1 Å². The van der Waals surface area contributed by atoms with Crippen LogP contribution in [0.4, 0.5) is 10.1 Å². The molecule has 1 aromatic carbocycles. The van der Waals surface area contributed by atoms with Gasteiger partial charge in [-0.25, -0.2) is 4.39 Å². The minimum absolute atomic E-state index is 0.122. The second-order valence-electron chi connectivity index (χ2n) is 5.36. The Balaban J connectivity index is 2.30. The number of anilines is 1. The van der Waals surface area contributed by atoms with E-state index in [2.05, 4.69) is 0 Å². The molecule has 1 aliphatic carbocycles. The lowest BCUT2D eigenvalue weighted by Gasteiger charge is -2.25. The van der Waals surface area contributed by atoms with E-state index in [0.717, 1.165) is 31.2 Å². The average molecular weight is 279 g/mol. The maximum Gasteiger partial charge on any atom is 0.310 e. The van der Waals surface area contributed by atoms with Crippen LogP contribution in [0.15, 0.2) is 12.1 Å². The summed E-state index contributed by atoms with van der Waals surface area (Å²) in [7, 11) is 0. The Bertz CT molecular complexity index is 482. The van der Waals surface area contributed by atoms with Crippen LogP contribution in [0.3, 0.4) is 0 Å². The molecule has 2 N–H and O–H groups in total. The Hall–Kier alpha value is -1.58. The Morgan fingerprint density at radius 1 is 1.35 bits per heavy atom. The maximum absolute atomic E-state index is 14.4. The number of nitrogen functional groups attached to an aromatic ring is 1. The minimum atomic E-state index is -0.348. The zero-order valence-electron chi connectivity index (χ0n) is 12.0. The van der Waals surface area contributed by atoms with Crippen LogP contribution in [0, 0.1) is 5.82 Å². The fraction of sp³-hybridized carbons (Fsp3) is 0.562. The molecule has 0 saturated heterocycles. The fourth-order valence-corrected chi connectivity index (χ4v) is 3.00. The molecule has 4 heteroatoms. The van der Waals surface area contributed by atoms with Crippen molar-refractivity contribution in [2.45, 2.75) is 51.4 Å². The molecular formula is C16H22FNO2. The Kier molecular flexibility index (Phi) is 4.99. The number of halogens is 1. The molecule has 0 bridgehead atoms. The number of benzene rings is 1. The van der Waals surface area contributed by atoms with E-state index < -0.39 is 0 Å². The molecule has 0 amide bonds. The highest BCUT2D eigenvalue weighted by atomic mass is 19.1. The number of carbonyl (C=O) groups excluding carboxylic acids is 1. The minimum Gasteiger partial charge on any atom is -0.466 e. The molecule has 20 heavy (non-hydrogen) atoms. The summed E-state index contributed by atoms with van der Waals surface area (Å²) in [4.78, 5) is 11.7. The molecule has 0 heterocycles. The van der Waals surface area contributed by atoms with Crippen LogP contribution in [-0.2, 0) is 16.0 Å². The summed E-state index contributed by atoms with van der Waals surface area (Å²) >= 11 is 0. The van der Waals surface area contributed by atoms with Crippen molar-refractivity contribution in [1.82, 2.24) is 0 Å². The summed E-state index contributed by atoms with van der Waals surface area (Å²) in [5.41, 5.74) is 7.22. The molecule has 0 spiro atoms. The van der Waals surface area contributed by atoms with Crippen molar-refractivity contribution >= 4 is 11.7 Å². The second-order valence-corrected chi connectivity index (χ2v) is 5.36. The standard InChI is InChI=1S/C16H22FNO2/c1-2-20-14(19)10-12-8-9-13(18)16(17)15(12)11-6-4-3-5-7-11/h8-9,11H,2-7,10,18H2,1H3. The van der Waals surface area contributed by atoms with Crippen molar-refractivity contribution in [3.8, 4) is 0 Å². The highest BCUT2D eigenvalue weighted by Gasteiger charge is 2.24. The van der Waals surface area contributed by atoms with Crippen LogP contribution in [0.25, 0.3) is 0 Å². The molecule has 0 aliphatic heterocycles. The van der Waals surface area contributed by atoms with Gasteiger partial charge in [0, 0.05) is 0 Å². The van der Waals surface area contributed by atoms with Gasteiger partial charge in [0.2, 0.25) is 0 Å². The first-order valence-electron chi connectivity index (χ1n) is 7.35. The van der Waals surface area contributed by atoms with Gasteiger partial charge in [0.25, 0.3) is 0 Å². The molecule has 1 aliphatic rings. The molecule has 3 nitrogen and oxygen atoms in total. The van der Waals surface area contributed by atoms with Crippen LogP contribution < -0.4 is 5.73 Å². The van der Waals surface area contributed by atoms with Gasteiger partial charge in [-0.2, -0.15) is 0 Å². The van der Waals surface area contributed by atoms with E-state index in [4.69, 9.17) is 10.5 Å². The van der Waals surface area contributed by atoms with Crippen molar-refractivity contribution < 1.29 is 13.9 Å². The van der Waals surface area contributed by atoms with Crippen LogP contribution in [0.2, 0.25) is 0 Å². The molecule has 0 atom stereocenters. The highest BCUT2D eigenvalue weighted by Crippen LogP contribution is 2.37. The molecule has 0 aromatic heterocycles. The Labute approximate surface area is 119 Å². The van der Waals surface area contributed by atoms with Crippen molar-refractivity contribution in [3.05, 3.63) is 29.1 Å². The summed E-state index contributed by atoms with van der Waals surface area (Å²) in [5, 5.41) is 0. The third-order valence-electron chi connectivity index (χ3n) is 3.95. The number of hydrogen-bond acceptors (Lipinski definition) is 3. The Morgan fingerprint density at radius 2 is 2.05 bits per heavy atom. The van der Waals surface area contributed by atoms with E-state index in [1.54, 1.807) is 13.0 Å². The van der Waals surface area contributed by atoms with E-state index in [0.29, 0.717) is 12.2 Å². The summed E-state index contributed by atoms with van der Waals surface area (Å²) < 4.78 is 19.4. The van der Waals surface area contributed by atoms with Gasteiger partial charge in [-0.1, -0.05) is 25.3 Å². The van der Waals surface area contributed by atoms with Gasteiger partial charge in [-0.05, 0) is 42.9 Å². The number of carbonyl (C=O) groups is 1. The molecule has 1 fully saturated rings. The third-order valence-corrected chi connectivity index (χ3v) is 3.95. The lowest BCUT2D eigenvalue weighted by atomic mass is 9.81. The van der Waals surface area contributed by atoms with Crippen molar-refractivity contribution in [3.63, 3.8) is 0 Å². The predicted molar refractivity (Wildman–Crippen MR) is 77.0 cm³/mol. The van der Waals surface area contributed by atoms with E-state index in [1.807, 2.05) is 0 Å². The van der Waals surface area contributed by atoms with Crippen molar-refractivity contribution in [2.75, 3.05) is 12.3 Å². The highest BCUT2D eigenvalue weighted by molar-refractivity contribution is 5.73. The van der Waals surface area contributed by atoms with E-state index in [1.165, 1.54) is 12.5 Å². The number of rotatable bonds is 4. The molecule has 2 rings (SSSR count). The lowest BCUT2D eigenvalue weighted by molar-refractivity contribution is -0.142. The lowest BCUT2D eigenvalue weighted by Crippen LogP contribution is -2.15. The molecule has 0 unspecified atom stereocenters. The molecular weight excluding hydrogens is 257 g/mol. The van der Waals surface area contributed by atoms with Crippen LogP contribution >= 0.6 is 0 Å². The molecule has 0 radical (unpaired) electrons. The van der Waals surface area contributed by atoms with Crippen LogP contribution in [0.5, 0.6) is 0 Å². The zero-order valence-corrected chi connectivity index (χ0v) is 12.0.